The molecule has 0 aliphatic carbocycles. The van der Waals surface area contributed by atoms with Gasteiger partial charge in [-0.1, -0.05) is 106 Å². The topological polar surface area (TPSA) is 0 Å². The Morgan fingerprint density at radius 3 is 0.974 bits per heavy atom. The zero-order chi connectivity index (χ0) is 30.0. The van der Waals surface area contributed by atoms with E-state index in [0.29, 0.717) is 10.5 Å². The molecule has 0 amide bonds. The summed E-state index contributed by atoms with van der Waals surface area (Å²) in [6, 6.07) is 0. The molecule has 2 unspecified atom stereocenters. The van der Waals surface area contributed by atoms with E-state index in [4.69, 9.17) is 25.3 Å². The molecule has 236 valence electrons. The Balaban J connectivity index is -0.000000519. The van der Waals surface area contributed by atoms with E-state index in [1.807, 2.05) is 0 Å². The number of rotatable bonds is 26. The molecule has 0 rings (SSSR count). The minimum atomic E-state index is 0.0736. The molecule has 0 aliphatic heterocycles. The molecule has 0 saturated heterocycles. The van der Waals surface area contributed by atoms with Crippen LogP contribution in [0.1, 0.15) is 197 Å². The quantitative estimate of drug-likeness (QED) is 0.0503. The predicted octanol–water partition coefficient (Wildman–Crippen LogP) is 13.3. The summed E-state index contributed by atoms with van der Waals surface area (Å²) in [7, 11) is 0. The van der Waals surface area contributed by atoms with Crippen molar-refractivity contribution in [1.82, 2.24) is 0 Å². The fourth-order valence-electron chi connectivity index (χ4n) is 4.51. The van der Waals surface area contributed by atoms with Crippen molar-refractivity contribution in [2.75, 3.05) is 0 Å². The van der Waals surface area contributed by atoms with Gasteiger partial charge in [0, 0.05) is 0 Å². The second kappa shape index (κ2) is 39.5. The number of hydrogen-bond acceptors (Lipinski definition) is 2. The van der Waals surface area contributed by atoms with E-state index < -0.39 is 0 Å². The Kier molecular flexibility index (Phi) is 45.5. The zero-order valence-electron chi connectivity index (χ0n) is 28.6. The van der Waals surface area contributed by atoms with Crippen LogP contribution < -0.4 is 0 Å². The van der Waals surface area contributed by atoms with Gasteiger partial charge in [0.15, 0.2) is 0 Å². The van der Waals surface area contributed by atoms with Crippen molar-refractivity contribution in [3.05, 3.63) is 0 Å². The molecule has 3 heteroatoms. The maximum atomic E-state index is 5.08. The summed E-state index contributed by atoms with van der Waals surface area (Å²) in [5, 5.41) is 0.961. The Labute approximate surface area is 272 Å². The van der Waals surface area contributed by atoms with Crippen LogP contribution in [0.4, 0.5) is 0 Å². The molecule has 0 aliphatic rings. The Morgan fingerprint density at radius 1 is 0.385 bits per heavy atom. The van der Waals surface area contributed by atoms with Crippen LogP contribution in [0.25, 0.3) is 0 Å². The van der Waals surface area contributed by atoms with Gasteiger partial charge < -0.3 is 25.3 Å². The Hall–Kier alpha value is 1.50. The van der Waals surface area contributed by atoms with Gasteiger partial charge >= 0.3 is 121 Å². The second-order valence-electron chi connectivity index (χ2n) is 13.0. The van der Waals surface area contributed by atoms with E-state index in [2.05, 4.69) is 55.4 Å². The first-order chi connectivity index (χ1) is 18.7. The van der Waals surface area contributed by atoms with Gasteiger partial charge in [0.05, 0.1) is 0 Å². The fraction of sp³-hybridized carbons (Fsp3) is 1.00. The van der Waals surface area contributed by atoms with Crippen LogP contribution in [0.2, 0.25) is 8.87 Å². The van der Waals surface area contributed by atoms with E-state index in [0.717, 1.165) is 11.8 Å². The first-order valence-electron chi connectivity index (χ1n) is 17.7. The molecule has 0 nitrogen and oxygen atoms in total. The van der Waals surface area contributed by atoms with Gasteiger partial charge in [0.2, 0.25) is 0 Å². The van der Waals surface area contributed by atoms with E-state index in [1.165, 1.54) is 128 Å². The van der Waals surface area contributed by atoms with Crippen molar-refractivity contribution in [2.24, 2.45) is 11.8 Å². The van der Waals surface area contributed by atoms with E-state index in [1.54, 1.807) is 21.7 Å². The van der Waals surface area contributed by atoms with Crippen LogP contribution >= 0.6 is 0 Å². The number of unbranched alkanes of at least 4 members (excludes halogenated alkanes) is 14. The van der Waals surface area contributed by atoms with Gasteiger partial charge in [-0.15, -0.1) is 0 Å². The van der Waals surface area contributed by atoms with Crippen LogP contribution in [0.3, 0.4) is 0 Å². The van der Waals surface area contributed by atoms with Crippen molar-refractivity contribution in [3.63, 3.8) is 0 Å². The second-order valence-corrected chi connectivity index (χ2v) is 18.9. The summed E-state index contributed by atoms with van der Waals surface area (Å²) in [5.41, 5.74) is 0. The summed E-state index contributed by atoms with van der Waals surface area (Å²) >= 11 is 10.2. The molecule has 0 aromatic carbocycles. The zero-order valence-corrected chi connectivity index (χ0v) is 33.1. The Bertz CT molecular complexity index is 340. The molecule has 0 aromatic heterocycles. The third-order valence-corrected chi connectivity index (χ3v) is 11.7. The summed E-state index contributed by atoms with van der Waals surface area (Å²) in [6.45, 7) is 18.0. The normalized spacial score (nSPS) is 12.4. The molecule has 0 fully saturated rings. The maximum absolute atomic E-state index is 5.08. The van der Waals surface area contributed by atoms with Gasteiger partial charge in [-0.2, -0.15) is 10.5 Å². The first kappa shape index (κ1) is 44.9. The standard InChI is InChI=1S/2C10H22S.2C8H17.Sn/c2*1-9(2)7-5-4-6-8-10(3)11;2*1-3-5-7-8-6-4-2;/h2*9-11H,4-8H2,1-3H3;2*1,3-8H2,2H3;/q;;;;+2/p-2. The summed E-state index contributed by atoms with van der Waals surface area (Å²) in [4.78, 5) is 0. The van der Waals surface area contributed by atoms with Crippen molar-refractivity contribution in [3.8, 4) is 0 Å². The molecule has 2 atom stereocenters. The van der Waals surface area contributed by atoms with Gasteiger partial charge in [0.25, 0.3) is 0 Å². The van der Waals surface area contributed by atoms with Crippen LogP contribution in [0.5, 0.6) is 0 Å². The van der Waals surface area contributed by atoms with E-state index in [-0.39, 0.29) is 21.1 Å². The van der Waals surface area contributed by atoms with Crippen LogP contribution in [-0.2, 0) is 25.3 Å². The van der Waals surface area contributed by atoms with E-state index in [9.17, 15) is 0 Å². The average Bonchev–Trinajstić information content (AvgIpc) is 2.86. The molecule has 39 heavy (non-hydrogen) atoms. The third-order valence-electron chi connectivity index (χ3n) is 7.20. The third kappa shape index (κ3) is 56.0. The van der Waals surface area contributed by atoms with Crippen molar-refractivity contribution >= 4 is 46.4 Å². The Morgan fingerprint density at radius 2 is 0.667 bits per heavy atom. The summed E-state index contributed by atoms with van der Waals surface area (Å²) in [6.07, 6.45) is 31.2. The molecule has 0 spiro atoms. The SMILES string of the molecule is CC(C)CCCCCC(C)[S-].CC(C)CCCCCC(C)[S-].CCCCCCC[CH2][Sn+2][CH2]CCCCCCC. The van der Waals surface area contributed by atoms with Gasteiger partial charge in [-0.05, 0) is 11.8 Å². The summed E-state index contributed by atoms with van der Waals surface area (Å²) < 4.78 is 3.31. The average molecular weight is 692 g/mol. The molecular weight excluding hydrogens is 615 g/mol. The van der Waals surface area contributed by atoms with E-state index >= 15 is 0 Å². The predicted molar refractivity (Wildman–Crippen MR) is 192 cm³/mol. The molecular formula is C36H76S2Sn. The van der Waals surface area contributed by atoms with Gasteiger partial charge in [0.1, 0.15) is 0 Å². The minimum absolute atomic E-state index is 0.0736. The van der Waals surface area contributed by atoms with Crippen LogP contribution in [-0.4, -0.2) is 31.6 Å². The van der Waals surface area contributed by atoms with Gasteiger partial charge in [-0.3, -0.25) is 0 Å². The molecule has 0 N–H and O–H groups in total. The van der Waals surface area contributed by atoms with Crippen molar-refractivity contribution in [1.29, 1.82) is 0 Å². The monoisotopic (exact) mass is 692 g/mol. The van der Waals surface area contributed by atoms with Gasteiger partial charge in [-0.25, -0.2) is 0 Å². The molecule has 0 aromatic rings. The van der Waals surface area contributed by atoms with Crippen LogP contribution in [0.15, 0.2) is 0 Å². The fourth-order valence-corrected chi connectivity index (χ4v) is 8.41. The first-order valence-corrected chi connectivity index (χ1v) is 22.7. The molecule has 0 bridgehead atoms. The number of hydrogen-bond donors (Lipinski definition) is 0. The van der Waals surface area contributed by atoms with Crippen LogP contribution in [0, 0.1) is 11.8 Å². The molecule has 0 heterocycles. The summed E-state index contributed by atoms with van der Waals surface area (Å²) in [5.74, 6) is 1.74. The molecule has 0 saturated carbocycles. The molecule has 0 radical (unpaired) electrons. The van der Waals surface area contributed by atoms with Crippen molar-refractivity contribution < 1.29 is 0 Å². The van der Waals surface area contributed by atoms with Crippen molar-refractivity contribution in [2.45, 2.75) is 216 Å².